The summed E-state index contributed by atoms with van der Waals surface area (Å²) < 4.78 is 11.1. The zero-order valence-corrected chi connectivity index (χ0v) is 9.62. The number of hydrogen-bond donors (Lipinski definition) is 1. The minimum atomic E-state index is -0.136. The van der Waals surface area contributed by atoms with Gasteiger partial charge in [0.15, 0.2) is 12.5 Å². The fourth-order valence-electron chi connectivity index (χ4n) is 1.61. The molecule has 0 aromatic heterocycles. The predicted molar refractivity (Wildman–Crippen MR) is 58.3 cm³/mol. The zero-order valence-electron chi connectivity index (χ0n) is 9.62. The Balaban J connectivity index is 1.73. The van der Waals surface area contributed by atoms with Crippen molar-refractivity contribution in [2.75, 3.05) is 0 Å². The van der Waals surface area contributed by atoms with Gasteiger partial charge in [0, 0.05) is 6.04 Å². The quantitative estimate of drug-likeness (QED) is 0.570. The second-order valence-corrected chi connectivity index (χ2v) is 5.04. The van der Waals surface area contributed by atoms with Crippen molar-refractivity contribution in [2.24, 2.45) is 0 Å². The molecule has 0 bridgehead atoms. The maximum atomic E-state index is 5.68. The van der Waals surface area contributed by atoms with Gasteiger partial charge in [-0.05, 0) is 45.8 Å². The summed E-state index contributed by atoms with van der Waals surface area (Å²) in [5, 5.41) is 3.38. The first-order valence-electron chi connectivity index (χ1n) is 5.55. The Bertz CT molecular complexity index is 286. The van der Waals surface area contributed by atoms with Gasteiger partial charge in [0.25, 0.3) is 0 Å². The zero-order chi connectivity index (χ0) is 10.9. The molecule has 3 nitrogen and oxygen atoms in total. The molecule has 0 aromatic carbocycles. The standard InChI is InChI=1S/C12H19NO2/c1-12(2,3)15-11-10(14-11)13-9-7-5-4-6-8-9/h4,8-11,13H,5,7H2,1-3H3. The smallest absolute Gasteiger partial charge is 0.200 e. The Morgan fingerprint density at radius 3 is 2.87 bits per heavy atom. The lowest BCUT2D eigenvalue weighted by molar-refractivity contribution is -0.0571. The molecule has 84 valence electrons. The molecule has 1 fully saturated rings. The van der Waals surface area contributed by atoms with Crippen LogP contribution in [0.3, 0.4) is 0 Å². The van der Waals surface area contributed by atoms with Crippen LogP contribution < -0.4 is 5.32 Å². The van der Waals surface area contributed by atoms with Gasteiger partial charge in [0.1, 0.15) is 0 Å². The van der Waals surface area contributed by atoms with E-state index in [0.29, 0.717) is 6.04 Å². The molecule has 0 saturated carbocycles. The topological polar surface area (TPSA) is 33.8 Å². The average molecular weight is 209 g/mol. The lowest BCUT2D eigenvalue weighted by atomic mass is 10.1. The first-order chi connectivity index (χ1) is 7.04. The van der Waals surface area contributed by atoms with Crippen molar-refractivity contribution in [3.05, 3.63) is 17.9 Å². The number of rotatable bonds is 3. The monoisotopic (exact) mass is 209 g/mol. The molecule has 3 atom stereocenters. The van der Waals surface area contributed by atoms with Gasteiger partial charge in [-0.15, -0.1) is 5.73 Å². The summed E-state index contributed by atoms with van der Waals surface area (Å²) >= 11 is 0. The Morgan fingerprint density at radius 1 is 1.47 bits per heavy atom. The number of nitrogens with one attached hydrogen (secondary N) is 1. The molecule has 2 aliphatic rings. The summed E-state index contributed by atoms with van der Waals surface area (Å²) in [6.07, 6.45) is 6.31. The lowest BCUT2D eigenvalue weighted by Gasteiger charge is -2.18. The van der Waals surface area contributed by atoms with E-state index >= 15 is 0 Å². The Hall–Kier alpha value is -0.600. The molecule has 15 heavy (non-hydrogen) atoms. The minimum Gasteiger partial charge on any atom is -0.343 e. The van der Waals surface area contributed by atoms with Crippen LogP contribution >= 0.6 is 0 Å². The van der Waals surface area contributed by atoms with Crippen molar-refractivity contribution < 1.29 is 9.47 Å². The SMILES string of the molecule is CC(C)(C)OC1OC1NC1C=C=CCC1. The third kappa shape index (κ3) is 3.47. The van der Waals surface area contributed by atoms with E-state index in [2.05, 4.69) is 23.2 Å². The second-order valence-electron chi connectivity index (χ2n) is 5.04. The Labute approximate surface area is 91.1 Å². The van der Waals surface area contributed by atoms with Gasteiger partial charge in [-0.2, -0.15) is 0 Å². The molecule has 3 heteroatoms. The molecule has 1 aliphatic heterocycles. The van der Waals surface area contributed by atoms with E-state index in [0.717, 1.165) is 12.8 Å². The largest absolute Gasteiger partial charge is 0.343 e. The minimum absolute atomic E-state index is 0.0605. The molecule has 0 aromatic rings. The van der Waals surface area contributed by atoms with Crippen molar-refractivity contribution in [1.82, 2.24) is 5.32 Å². The molecule has 1 N–H and O–H groups in total. The van der Waals surface area contributed by atoms with Crippen LogP contribution in [0.5, 0.6) is 0 Å². The van der Waals surface area contributed by atoms with Crippen molar-refractivity contribution in [3.8, 4) is 0 Å². The molecule has 0 amide bonds. The third-order valence-corrected chi connectivity index (χ3v) is 2.34. The van der Waals surface area contributed by atoms with Crippen LogP contribution in [-0.2, 0) is 9.47 Å². The molecule has 1 aliphatic carbocycles. The van der Waals surface area contributed by atoms with E-state index in [1.54, 1.807) is 0 Å². The maximum Gasteiger partial charge on any atom is 0.200 e. The van der Waals surface area contributed by atoms with E-state index in [-0.39, 0.29) is 18.1 Å². The summed E-state index contributed by atoms with van der Waals surface area (Å²) in [5.74, 6) is 0. The number of ether oxygens (including phenoxy) is 2. The first-order valence-corrected chi connectivity index (χ1v) is 5.55. The van der Waals surface area contributed by atoms with E-state index in [1.807, 2.05) is 20.8 Å². The van der Waals surface area contributed by atoms with Gasteiger partial charge in [-0.1, -0.05) is 0 Å². The van der Waals surface area contributed by atoms with E-state index < -0.39 is 0 Å². The van der Waals surface area contributed by atoms with Crippen LogP contribution in [0.1, 0.15) is 33.6 Å². The fraction of sp³-hybridized carbons (Fsp3) is 0.750. The van der Waals surface area contributed by atoms with Crippen LogP contribution in [0, 0.1) is 0 Å². The number of epoxide rings is 1. The molecule has 2 rings (SSSR count). The van der Waals surface area contributed by atoms with Gasteiger partial charge in [0.2, 0.25) is 0 Å². The van der Waals surface area contributed by atoms with Gasteiger partial charge < -0.3 is 9.47 Å². The van der Waals surface area contributed by atoms with Crippen LogP contribution in [-0.4, -0.2) is 24.2 Å². The van der Waals surface area contributed by atoms with E-state index in [4.69, 9.17) is 9.47 Å². The van der Waals surface area contributed by atoms with Gasteiger partial charge in [-0.25, -0.2) is 0 Å². The van der Waals surface area contributed by atoms with Crippen LogP contribution in [0.2, 0.25) is 0 Å². The van der Waals surface area contributed by atoms with Gasteiger partial charge in [0.05, 0.1) is 5.60 Å². The molecule has 3 unspecified atom stereocenters. The van der Waals surface area contributed by atoms with E-state index in [9.17, 15) is 0 Å². The van der Waals surface area contributed by atoms with E-state index in [1.165, 1.54) is 0 Å². The highest BCUT2D eigenvalue weighted by molar-refractivity contribution is 5.01. The van der Waals surface area contributed by atoms with Crippen molar-refractivity contribution in [3.63, 3.8) is 0 Å². The van der Waals surface area contributed by atoms with Crippen molar-refractivity contribution >= 4 is 0 Å². The second kappa shape index (κ2) is 4.11. The first kappa shape index (κ1) is 10.9. The maximum absolute atomic E-state index is 5.68. The Morgan fingerprint density at radius 2 is 2.27 bits per heavy atom. The molecular weight excluding hydrogens is 190 g/mol. The lowest BCUT2D eigenvalue weighted by Crippen LogP contribution is -2.33. The summed E-state index contributed by atoms with van der Waals surface area (Å²) in [7, 11) is 0. The van der Waals surface area contributed by atoms with Crippen LogP contribution in [0.15, 0.2) is 17.9 Å². The van der Waals surface area contributed by atoms with Crippen molar-refractivity contribution in [1.29, 1.82) is 0 Å². The van der Waals surface area contributed by atoms with Crippen molar-refractivity contribution in [2.45, 2.75) is 57.8 Å². The highest BCUT2D eigenvalue weighted by Gasteiger charge is 2.43. The van der Waals surface area contributed by atoms with Crippen LogP contribution in [0.25, 0.3) is 0 Å². The molecule has 0 radical (unpaired) electrons. The molecule has 0 spiro atoms. The highest BCUT2D eigenvalue weighted by atomic mass is 16.8. The summed E-state index contributed by atoms with van der Waals surface area (Å²) in [4.78, 5) is 0. The summed E-state index contributed by atoms with van der Waals surface area (Å²) in [6.45, 7) is 6.11. The molecular formula is C12H19NO2. The van der Waals surface area contributed by atoms with Crippen LogP contribution in [0.4, 0.5) is 0 Å². The summed E-state index contributed by atoms with van der Waals surface area (Å²) in [6, 6.07) is 0.383. The van der Waals surface area contributed by atoms with Gasteiger partial charge in [-0.3, -0.25) is 5.32 Å². The fourth-order valence-corrected chi connectivity index (χ4v) is 1.61. The normalized spacial score (nSPS) is 34.5. The van der Waals surface area contributed by atoms with Gasteiger partial charge >= 0.3 is 0 Å². The average Bonchev–Trinajstić information content (AvgIpc) is 2.82. The molecule has 1 heterocycles. The molecule has 1 saturated heterocycles. The predicted octanol–water partition coefficient (Wildman–Crippen LogP) is 1.95. The Kier molecular flexibility index (Phi) is 2.98. The number of hydrogen-bond acceptors (Lipinski definition) is 3. The third-order valence-electron chi connectivity index (χ3n) is 2.34. The highest BCUT2D eigenvalue weighted by Crippen LogP contribution is 2.27. The summed E-state index contributed by atoms with van der Waals surface area (Å²) in [5.41, 5.74) is 2.99.